The highest BCUT2D eigenvalue weighted by atomic mass is 32.2. The summed E-state index contributed by atoms with van der Waals surface area (Å²) in [5, 5.41) is 0. The van der Waals surface area contributed by atoms with E-state index >= 15 is 0 Å². The van der Waals surface area contributed by atoms with Gasteiger partial charge >= 0.3 is 0 Å². The molecule has 1 unspecified atom stereocenters. The molecule has 1 atom stereocenters. The molecule has 3 rings (SSSR count). The highest BCUT2D eigenvalue weighted by Crippen LogP contribution is 2.31. The summed E-state index contributed by atoms with van der Waals surface area (Å²) in [4.78, 5) is 3.19. The highest BCUT2D eigenvalue weighted by molar-refractivity contribution is 7.84. The Bertz CT molecular complexity index is 625. The van der Waals surface area contributed by atoms with Crippen molar-refractivity contribution >= 4 is 16.5 Å². The SMILES string of the molecule is CS(=O)c1ccc(CN2CCOc3ccccc32)cc1. The molecule has 0 spiro atoms. The van der Waals surface area contributed by atoms with Crippen LogP contribution in [0.25, 0.3) is 0 Å². The molecule has 0 radical (unpaired) electrons. The predicted octanol–water partition coefficient (Wildman–Crippen LogP) is 2.82. The minimum Gasteiger partial charge on any atom is -0.490 e. The van der Waals surface area contributed by atoms with E-state index in [-0.39, 0.29) is 0 Å². The zero-order valence-corrected chi connectivity index (χ0v) is 12.2. The lowest BCUT2D eigenvalue weighted by Gasteiger charge is -2.31. The van der Waals surface area contributed by atoms with Crippen LogP contribution in [-0.2, 0) is 17.3 Å². The summed E-state index contributed by atoms with van der Waals surface area (Å²) >= 11 is 0. The van der Waals surface area contributed by atoms with E-state index in [0.29, 0.717) is 6.61 Å². The lowest BCUT2D eigenvalue weighted by atomic mass is 10.1. The zero-order valence-electron chi connectivity index (χ0n) is 11.4. The molecule has 1 aliphatic heterocycles. The molecule has 0 fully saturated rings. The number of nitrogens with zero attached hydrogens (tertiary/aromatic N) is 1. The third-order valence-electron chi connectivity index (χ3n) is 3.45. The third-order valence-corrected chi connectivity index (χ3v) is 4.39. The number of fused-ring (bicyclic) bond motifs is 1. The molecule has 3 nitrogen and oxygen atoms in total. The van der Waals surface area contributed by atoms with Crippen molar-refractivity contribution in [2.24, 2.45) is 0 Å². The number of anilines is 1. The van der Waals surface area contributed by atoms with Crippen molar-refractivity contribution in [3.05, 3.63) is 54.1 Å². The molecule has 1 aliphatic rings. The number of rotatable bonds is 3. The van der Waals surface area contributed by atoms with Crippen LogP contribution in [0.1, 0.15) is 5.56 Å². The van der Waals surface area contributed by atoms with Crippen molar-refractivity contribution in [1.82, 2.24) is 0 Å². The molecule has 2 aromatic carbocycles. The monoisotopic (exact) mass is 287 g/mol. The van der Waals surface area contributed by atoms with Crippen molar-refractivity contribution < 1.29 is 8.95 Å². The summed E-state index contributed by atoms with van der Waals surface area (Å²) < 4.78 is 17.1. The van der Waals surface area contributed by atoms with Crippen molar-refractivity contribution in [3.63, 3.8) is 0 Å². The molecule has 20 heavy (non-hydrogen) atoms. The van der Waals surface area contributed by atoms with Crippen LogP contribution in [0, 0.1) is 0 Å². The topological polar surface area (TPSA) is 29.5 Å². The van der Waals surface area contributed by atoms with Crippen LogP contribution in [0.2, 0.25) is 0 Å². The number of benzene rings is 2. The predicted molar refractivity (Wildman–Crippen MR) is 81.8 cm³/mol. The Morgan fingerprint density at radius 2 is 1.90 bits per heavy atom. The first-order valence-corrected chi connectivity index (χ1v) is 8.19. The van der Waals surface area contributed by atoms with E-state index in [1.807, 2.05) is 30.3 Å². The second-order valence-corrected chi connectivity index (χ2v) is 6.22. The van der Waals surface area contributed by atoms with Gasteiger partial charge in [-0.25, -0.2) is 0 Å². The zero-order chi connectivity index (χ0) is 13.9. The molecule has 0 aromatic heterocycles. The third kappa shape index (κ3) is 2.70. The quantitative estimate of drug-likeness (QED) is 0.869. The maximum Gasteiger partial charge on any atom is 0.142 e. The van der Waals surface area contributed by atoms with E-state index in [9.17, 15) is 4.21 Å². The lowest BCUT2D eigenvalue weighted by molar-refractivity contribution is 0.307. The first kappa shape index (κ1) is 13.2. The molecular formula is C16H17NO2S. The Balaban J connectivity index is 1.80. The fraction of sp³-hybridized carbons (Fsp3) is 0.250. The minimum atomic E-state index is -0.914. The van der Waals surface area contributed by atoms with Gasteiger partial charge in [0, 0.05) is 28.5 Å². The molecule has 0 bridgehead atoms. The highest BCUT2D eigenvalue weighted by Gasteiger charge is 2.17. The van der Waals surface area contributed by atoms with Gasteiger partial charge in [-0.2, -0.15) is 0 Å². The second-order valence-electron chi connectivity index (χ2n) is 4.84. The largest absolute Gasteiger partial charge is 0.490 e. The normalized spacial score (nSPS) is 15.3. The fourth-order valence-electron chi connectivity index (χ4n) is 2.40. The van der Waals surface area contributed by atoms with Crippen LogP contribution in [0.5, 0.6) is 5.75 Å². The van der Waals surface area contributed by atoms with Crippen LogP contribution in [-0.4, -0.2) is 23.6 Å². The van der Waals surface area contributed by atoms with Crippen LogP contribution in [0.4, 0.5) is 5.69 Å². The molecule has 0 N–H and O–H groups in total. The molecule has 0 amide bonds. The molecule has 104 valence electrons. The van der Waals surface area contributed by atoms with E-state index in [1.54, 1.807) is 6.26 Å². The summed E-state index contributed by atoms with van der Waals surface area (Å²) in [6, 6.07) is 16.1. The Kier molecular flexibility index (Phi) is 3.74. The maximum absolute atomic E-state index is 11.4. The van der Waals surface area contributed by atoms with Gasteiger partial charge in [-0.3, -0.25) is 4.21 Å². The summed E-state index contributed by atoms with van der Waals surface area (Å²) in [6.45, 7) is 2.45. The number of para-hydroxylation sites is 2. The smallest absolute Gasteiger partial charge is 0.142 e. The first-order chi connectivity index (χ1) is 9.74. The first-order valence-electron chi connectivity index (χ1n) is 6.63. The van der Waals surface area contributed by atoms with Gasteiger partial charge < -0.3 is 9.64 Å². The molecule has 0 saturated carbocycles. The van der Waals surface area contributed by atoms with Gasteiger partial charge in [-0.15, -0.1) is 0 Å². The maximum atomic E-state index is 11.4. The van der Waals surface area contributed by atoms with Crippen molar-refractivity contribution in [3.8, 4) is 5.75 Å². The number of hydrogen-bond donors (Lipinski definition) is 0. The van der Waals surface area contributed by atoms with E-state index < -0.39 is 10.8 Å². The van der Waals surface area contributed by atoms with Gasteiger partial charge in [0.25, 0.3) is 0 Å². The van der Waals surface area contributed by atoms with Crippen molar-refractivity contribution in [1.29, 1.82) is 0 Å². The Morgan fingerprint density at radius 1 is 1.15 bits per heavy atom. The lowest BCUT2D eigenvalue weighted by Crippen LogP contribution is -2.32. The summed E-state index contributed by atoms with van der Waals surface area (Å²) in [7, 11) is -0.914. The molecule has 0 aliphatic carbocycles. The summed E-state index contributed by atoms with van der Waals surface area (Å²) in [6.07, 6.45) is 1.70. The van der Waals surface area contributed by atoms with E-state index in [1.165, 1.54) is 5.56 Å². The summed E-state index contributed by atoms with van der Waals surface area (Å²) in [5.41, 5.74) is 2.36. The van der Waals surface area contributed by atoms with Gasteiger partial charge in [0.2, 0.25) is 0 Å². The van der Waals surface area contributed by atoms with Crippen molar-refractivity contribution in [2.75, 3.05) is 24.3 Å². The van der Waals surface area contributed by atoms with E-state index in [0.717, 1.165) is 29.4 Å². The van der Waals surface area contributed by atoms with Gasteiger partial charge in [0.1, 0.15) is 12.4 Å². The molecular weight excluding hydrogens is 270 g/mol. The van der Waals surface area contributed by atoms with Crippen LogP contribution in [0.3, 0.4) is 0 Å². The minimum absolute atomic E-state index is 0.716. The Morgan fingerprint density at radius 3 is 2.65 bits per heavy atom. The Labute approximate surface area is 121 Å². The molecule has 0 saturated heterocycles. The van der Waals surface area contributed by atoms with Gasteiger partial charge in [0.15, 0.2) is 0 Å². The van der Waals surface area contributed by atoms with Crippen LogP contribution >= 0.6 is 0 Å². The van der Waals surface area contributed by atoms with Crippen LogP contribution in [0.15, 0.2) is 53.4 Å². The van der Waals surface area contributed by atoms with E-state index in [2.05, 4.69) is 23.1 Å². The standard InChI is InChI=1S/C16H17NO2S/c1-20(18)14-8-6-13(7-9-14)12-17-10-11-19-16-5-3-2-4-15(16)17/h2-9H,10-12H2,1H3. The average molecular weight is 287 g/mol. The number of ether oxygens (including phenoxy) is 1. The van der Waals surface area contributed by atoms with E-state index in [4.69, 9.17) is 4.74 Å². The number of hydrogen-bond acceptors (Lipinski definition) is 3. The van der Waals surface area contributed by atoms with Crippen molar-refractivity contribution in [2.45, 2.75) is 11.4 Å². The Hall–Kier alpha value is -1.81. The average Bonchev–Trinajstić information content (AvgIpc) is 2.48. The molecule has 1 heterocycles. The van der Waals surface area contributed by atoms with Gasteiger partial charge in [-0.1, -0.05) is 24.3 Å². The van der Waals surface area contributed by atoms with Gasteiger partial charge in [-0.05, 0) is 29.8 Å². The second kappa shape index (κ2) is 5.67. The molecule has 4 heteroatoms. The van der Waals surface area contributed by atoms with Gasteiger partial charge in [0.05, 0.1) is 12.2 Å². The summed E-state index contributed by atoms with van der Waals surface area (Å²) in [5.74, 6) is 0.949. The molecule has 2 aromatic rings. The fourth-order valence-corrected chi connectivity index (χ4v) is 2.92. The van der Waals surface area contributed by atoms with Crippen LogP contribution < -0.4 is 9.64 Å².